The Morgan fingerprint density at radius 1 is 1.38 bits per heavy atom. The van der Waals surface area contributed by atoms with Gasteiger partial charge in [-0.2, -0.15) is 0 Å². The van der Waals surface area contributed by atoms with Gasteiger partial charge in [-0.05, 0) is 29.5 Å². The molecule has 0 radical (unpaired) electrons. The number of amidine groups is 1. The summed E-state index contributed by atoms with van der Waals surface area (Å²) in [7, 11) is 0. The molecule has 0 aromatic rings. The smallest absolute Gasteiger partial charge is 0.201 e. The Labute approximate surface area is 90.4 Å². The molecule has 0 saturated heterocycles. The third kappa shape index (κ3) is 1.77. The minimum atomic E-state index is 0.313. The van der Waals surface area contributed by atoms with Crippen molar-refractivity contribution in [2.45, 2.75) is 6.92 Å². The molecule has 0 bridgehead atoms. The molecule has 2 heterocycles. The molecule has 0 amide bonds. The topological polar surface area (TPSA) is 24.4 Å². The molecule has 0 spiro atoms. The molecule has 0 aromatic heterocycles. The highest BCUT2D eigenvalue weighted by molar-refractivity contribution is 8.07. The summed E-state index contributed by atoms with van der Waals surface area (Å²) in [5, 5.41) is 3.63. The third-order valence-electron chi connectivity index (χ3n) is 1.60. The van der Waals surface area contributed by atoms with Crippen LogP contribution in [0, 0.1) is 0 Å². The standard InChI is InChI=1S/C8H6Cl2N2S/c1-4-2-3-5-6(13-4)7(9)12-8(10)11-5/h2-3H,1H3,(H,11,12). The zero-order valence-corrected chi connectivity index (χ0v) is 9.09. The molecular weight excluding hydrogens is 227 g/mol. The Morgan fingerprint density at radius 2 is 2.15 bits per heavy atom. The summed E-state index contributed by atoms with van der Waals surface area (Å²) in [6.07, 6.45) is 3.90. The fourth-order valence-corrected chi connectivity index (χ4v) is 2.40. The van der Waals surface area contributed by atoms with E-state index in [0.29, 0.717) is 10.5 Å². The van der Waals surface area contributed by atoms with Crippen molar-refractivity contribution in [1.82, 2.24) is 5.32 Å². The van der Waals surface area contributed by atoms with Crippen LogP contribution in [0.5, 0.6) is 0 Å². The van der Waals surface area contributed by atoms with Crippen LogP contribution in [-0.2, 0) is 0 Å². The first-order valence-corrected chi connectivity index (χ1v) is 5.22. The number of halogens is 2. The van der Waals surface area contributed by atoms with E-state index in [4.69, 9.17) is 23.2 Å². The Bertz CT molecular complexity index is 380. The maximum Gasteiger partial charge on any atom is 0.201 e. The molecule has 2 rings (SSSR count). The maximum atomic E-state index is 5.96. The van der Waals surface area contributed by atoms with Crippen molar-refractivity contribution in [3.63, 3.8) is 0 Å². The lowest BCUT2D eigenvalue weighted by molar-refractivity contribution is 1.16. The lowest BCUT2D eigenvalue weighted by Gasteiger charge is -2.19. The van der Waals surface area contributed by atoms with Crippen LogP contribution in [0.1, 0.15) is 6.92 Å². The second-order valence-corrected chi connectivity index (χ2v) is 4.59. The van der Waals surface area contributed by atoms with E-state index in [0.717, 1.165) is 10.6 Å². The molecule has 2 aliphatic rings. The van der Waals surface area contributed by atoms with Crippen LogP contribution in [0.2, 0.25) is 0 Å². The quantitative estimate of drug-likeness (QED) is 0.650. The zero-order chi connectivity index (χ0) is 9.42. The number of nitrogens with zero attached hydrogens (tertiary/aromatic N) is 1. The summed E-state index contributed by atoms with van der Waals surface area (Å²) in [6, 6.07) is 0. The van der Waals surface area contributed by atoms with Gasteiger partial charge in [0.1, 0.15) is 5.16 Å². The highest BCUT2D eigenvalue weighted by atomic mass is 35.5. The van der Waals surface area contributed by atoms with Crippen molar-refractivity contribution in [2.75, 3.05) is 0 Å². The molecule has 0 saturated carbocycles. The fourth-order valence-electron chi connectivity index (χ4n) is 1.05. The Balaban J connectivity index is 2.46. The molecule has 2 aliphatic heterocycles. The van der Waals surface area contributed by atoms with Crippen molar-refractivity contribution in [3.05, 3.63) is 32.8 Å². The van der Waals surface area contributed by atoms with Gasteiger partial charge in [0.25, 0.3) is 0 Å². The molecule has 5 heteroatoms. The Morgan fingerprint density at radius 3 is 2.92 bits per heavy atom. The van der Waals surface area contributed by atoms with E-state index in [2.05, 4.69) is 10.3 Å². The second-order valence-electron chi connectivity index (χ2n) is 2.60. The number of nitrogens with one attached hydrogen (secondary N) is 1. The van der Waals surface area contributed by atoms with Crippen LogP contribution in [0.3, 0.4) is 0 Å². The van der Waals surface area contributed by atoms with Crippen molar-refractivity contribution in [3.8, 4) is 0 Å². The van der Waals surface area contributed by atoms with Gasteiger partial charge in [0.05, 0.1) is 10.6 Å². The van der Waals surface area contributed by atoms with Crippen LogP contribution in [-0.4, -0.2) is 5.29 Å². The van der Waals surface area contributed by atoms with E-state index in [1.54, 1.807) is 11.8 Å². The predicted octanol–water partition coefficient (Wildman–Crippen LogP) is 3.13. The largest absolute Gasteiger partial charge is 0.320 e. The number of thioether (sulfide) groups is 1. The van der Waals surface area contributed by atoms with Gasteiger partial charge in [-0.25, -0.2) is 4.99 Å². The highest BCUT2D eigenvalue weighted by Gasteiger charge is 2.19. The molecular formula is C8H6Cl2N2S. The van der Waals surface area contributed by atoms with Crippen LogP contribution in [0.4, 0.5) is 0 Å². The monoisotopic (exact) mass is 232 g/mol. The maximum absolute atomic E-state index is 5.96. The molecule has 0 unspecified atom stereocenters. The number of hydrogen-bond acceptors (Lipinski definition) is 3. The second kappa shape index (κ2) is 3.40. The Kier molecular flexibility index (Phi) is 2.41. The molecule has 0 atom stereocenters. The molecule has 0 fully saturated rings. The molecule has 0 aliphatic carbocycles. The number of aliphatic imine (C=N–C) groups is 1. The first-order chi connectivity index (χ1) is 6.16. The van der Waals surface area contributed by atoms with E-state index in [1.165, 1.54) is 4.91 Å². The number of rotatable bonds is 0. The van der Waals surface area contributed by atoms with Gasteiger partial charge in [-0.15, -0.1) is 0 Å². The van der Waals surface area contributed by atoms with Gasteiger partial charge in [-0.1, -0.05) is 29.4 Å². The number of fused-ring (bicyclic) bond motifs is 1. The lowest BCUT2D eigenvalue weighted by Crippen LogP contribution is -2.20. The summed E-state index contributed by atoms with van der Waals surface area (Å²) in [5.41, 5.74) is 0.823. The van der Waals surface area contributed by atoms with Gasteiger partial charge in [0.2, 0.25) is 5.29 Å². The average molecular weight is 233 g/mol. The minimum Gasteiger partial charge on any atom is -0.320 e. The zero-order valence-electron chi connectivity index (χ0n) is 6.77. The van der Waals surface area contributed by atoms with Crippen molar-refractivity contribution in [2.24, 2.45) is 4.99 Å². The summed E-state index contributed by atoms with van der Waals surface area (Å²) < 4.78 is 0. The van der Waals surface area contributed by atoms with E-state index >= 15 is 0 Å². The van der Waals surface area contributed by atoms with E-state index in [-0.39, 0.29) is 0 Å². The normalized spacial score (nSPS) is 21.3. The molecule has 13 heavy (non-hydrogen) atoms. The van der Waals surface area contributed by atoms with E-state index < -0.39 is 0 Å². The number of hydrogen-bond donors (Lipinski definition) is 1. The lowest BCUT2D eigenvalue weighted by atomic mass is 10.3. The van der Waals surface area contributed by atoms with Gasteiger partial charge in [0, 0.05) is 0 Å². The third-order valence-corrected chi connectivity index (χ3v) is 3.25. The van der Waals surface area contributed by atoms with Crippen molar-refractivity contribution in [1.29, 1.82) is 0 Å². The van der Waals surface area contributed by atoms with Crippen molar-refractivity contribution < 1.29 is 0 Å². The van der Waals surface area contributed by atoms with Gasteiger partial charge >= 0.3 is 0 Å². The fraction of sp³-hybridized carbons (Fsp3) is 0.125. The van der Waals surface area contributed by atoms with Crippen LogP contribution >= 0.6 is 35.0 Å². The highest BCUT2D eigenvalue weighted by Crippen LogP contribution is 2.39. The first-order valence-electron chi connectivity index (χ1n) is 3.64. The van der Waals surface area contributed by atoms with E-state index in [1.807, 2.05) is 19.1 Å². The summed E-state index contributed by atoms with van der Waals surface area (Å²) >= 11 is 13.3. The predicted molar refractivity (Wildman–Crippen MR) is 58.7 cm³/mol. The van der Waals surface area contributed by atoms with Crippen molar-refractivity contribution >= 4 is 40.3 Å². The summed E-state index contributed by atoms with van der Waals surface area (Å²) in [4.78, 5) is 6.24. The van der Waals surface area contributed by atoms with Gasteiger partial charge in [-0.3, -0.25) is 0 Å². The summed E-state index contributed by atoms with van der Waals surface area (Å²) in [5.74, 6) is 0. The average Bonchev–Trinajstić information content (AvgIpc) is 2.06. The molecule has 2 nitrogen and oxygen atoms in total. The minimum absolute atomic E-state index is 0.313. The Hall–Kier alpha value is -0.380. The van der Waals surface area contributed by atoms with E-state index in [9.17, 15) is 0 Å². The number of allylic oxidation sites excluding steroid dienone is 3. The first kappa shape index (κ1) is 9.19. The summed E-state index contributed by atoms with van der Waals surface area (Å²) in [6.45, 7) is 2.02. The SMILES string of the molecule is CC1=CC=C2N=C(Cl)NC(Cl)=C2S1. The van der Waals surface area contributed by atoms with Crippen LogP contribution in [0.15, 0.2) is 37.8 Å². The van der Waals surface area contributed by atoms with Crippen LogP contribution in [0.25, 0.3) is 0 Å². The molecule has 0 aromatic carbocycles. The molecule has 68 valence electrons. The van der Waals surface area contributed by atoms with Gasteiger partial charge in [0.15, 0.2) is 0 Å². The molecule has 1 N–H and O–H groups in total. The van der Waals surface area contributed by atoms with Gasteiger partial charge < -0.3 is 5.32 Å². The van der Waals surface area contributed by atoms with Crippen LogP contribution < -0.4 is 5.32 Å².